The molecule has 0 aliphatic heterocycles. The largest absolute Gasteiger partial charge is 0.451 e. The first-order valence-electron chi connectivity index (χ1n) is 8.28. The van der Waals surface area contributed by atoms with E-state index in [0.717, 1.165) is 22.5 Å². The Labute approximate surface area is 175 Å². The Kier molecular flexibility index (Phi) is 6.42. The first-order chi connectivity index (χ1) is 13.7. The summed E-state index contributed by atoms with van der Waals surface area (Å²) in [5, 5.41) is 8.27. The minimum absolute atomic E-state index is 0.175. The lowest BCUT2D eigenvalue weighted by molar-refractivity contribution is -0.121. The van der Waals surface area contributed by atoms with Crippen molar-refractivity contribution in [2.75, 3.05) is 6.61 Å². The van der Waals surface area contributed by atoms with E-state index in [2.05, 4.69) is 4.99 Å². The van der Waals surface area contributed by atoms with Crippen molar-refractivity contribution in [3.05, 3.63) is 68.1 Å². The quantitative estimate of drug-likeness (QED) is 0.574. The molecule has 8 nitrogen and oxygen atoms in total. The predicted octanol–water partition coefficient (Wildman–Crippen LogP) is 1.90. The lowest BCUT2D eigenvalue weighted by Gasteiger charge is -2.04. The van der Waals surface area contributed by atoms with Crippen LogP contribution in [0, 0.1) is 6.92 Å². The normalized spacial score (nSPS) is 12.1. The summed E-state index contributed by atoms with van der Waals surface area (Å²) in [6, 6.07) is 9.21. The van der Waals surface area contributed by atoms with E-state index >= 15 is 0 Å². The number of hydrogen-bond acceptors (Lipinski definition) is 7. The van der Waals surface area contributed by atoms with Gasteiger partial charge in [0.1, 0.15) is 9.77 Å². The van der Waals surface area contributed by atoms with Crippen molar-refractivity contribution < 1.29 is 22.7 Å². The van der Waals surface area contributed by atoms with Crippen LogP contribution >= 0.6 is 22.7 Å². The number of aromatic nitrogens is 1. The Hall–Kier alpha value is -2.60. The fourth-order valence-electron chi connectivity index (χ4n) is 2.40. The number of esters is 1. The van der Waals surface area contributed by atoms with Crippen molar-refractivity contribution in [3.63, 3.8) is 0 Å². The summed E-state index contributed by atoms with van der Waals surface area (Å²) in [5.74, 6) is -1.60. The number of benzene rings is 1. The number of sulfonamides is 1. The van der Waals surface area contributed by atoms with Crippen LogP contribution in [0.4, 0.5) is 0 Å². The number of primary sulfonamides is 1. The summed E-state index contributed by atoms with van der Waals surface area (Å²) in [5.41, 5.74) is 2.21. The second-order valence-electron chi connectivity index (χ2n) is 6.04. The van der Waals surface area contributed by atoms with Gasteiger partial charge >= 0.3 is 5.97 Å². The van der Waals surface area contributed by atoms with Crippen LogP contribution in [0.2, 0.25) is 0 Å². The number of nitrogens with two attached hydrogens (primary N) is 1. The molecule has 0 unspecified atom stereocenters. The Balaban J connectivity index is 1.68. The lowest BCUT2D eigenvalue weighted by Crippen LogP contribution is -2.20. The second kappa shape index (κ2) is 8.82. The minimum atomic E-state index is -4.05. The van der Waals surface area contributed by atoms with Gasteiger partial charge in [-0.05, 0) is 23.9 Å². The highest BCUT2D eigenvalue weighted by atomic mass is 32.2. The highest BCUT2D eigenvalue weighted by Gasteiger charge is 2.22. The summed E-state index contributed by atoms with van der Waals surface area (Å²) in [4.78, 5) is 28.2. The molecule has 0 fully saturated rings. The van der Waals surface area contributed by atoms with Gasteiger partial charge in [-0.1, -0.05) is 29.8 Å². The van der Waals surface area contributed by atoms with Gasteiger partial charge in [0.25, 0.3) is 5.91 Å². The fourth-order valence-corrected chi connectivity index (χ4v) is 5.00. The standard InChI is InChI=1S/C18H17N3O5S3/c1-12-2-4-13(5-3-12)10-21-7-9-28-18(21)20-15(22)11-26-17(23)16-14(6-8-27-16)29(19,24)25/h2-9H,10-11H2,1H3,(H2,19,24,25). The number of carbonyl (C=O) groups is 2. The third kappa shape index (κ3) is 5.48. The summed E-state index contributed by atoms with van der Waals surface area (Å²) in [6.07, 6.45) is 1.81. The summed E-state index contributed by atoms with van der Waals surface area (Å²) in [6.45, 7) is 1.94. The van der Waals surface area contributed by atoms with Crippen molar-refractivity contribution in [2.24, 2.45) is 10.1 Å². The van der Waals surface area contributed by atoms with E-state index in [-0.39, 0.29) is 9.77 Å². The zero-order valence-electron chi connectivity index (χ0n) is 15.3. The Morgan fingerprint density at radius 1 is 1.14 bits per heavy atom. The zero-order chi connectivity index (χ0) is 21.0. The molecular formula is C18H17N3O5S3. The number of carbonyl (C=O) groups excluding carboxylic acids is 2. The van der Waals surface area contributed by atoms with E-state index in [9.17, 15) is 18.0 Å². The third-order valence-electron chi connectivity index (χ3n) is 3.80. The SMILES string of the molecule is Cc1ccc(Cn2ccsc2=NC(=O)COC(=O)c2sccc2S(N)(=O)=O)cc1. The van der Waals surface area contributed by atoms with Gasteiger partial charge in [-0.25, -0.2) is 18.4 Å². The van der Waals surface area contributed by atoms with E-state index in [1.54, 1.807) is 5.38 Å². The number of hydrogen-bond donors (Lipinski definition) is 1. The number of thiazole rings is 1. The molecule has 1 amide bonds. The van der Waals surface area contributed by atoms with Crippen LogP contribution in [0.15, 0.2) is 57.2 Å². The van der Waals surface area contributed by atoms with Crippen molar-refractivity contribution in [1.29, 1.82) is 0 Å². The van der Waals surface area contributed by atoms with E-state index in [4.69, 9.17) is 9.88 Å². The molecule has 0 aliphatic rings. The highest BCUT2D eigenvalue weighted by Crippen LogP contribution is 2.21. The van der Waals surface area contributed by atoms with Gasteiger partial charge in [0.2, 0.25) is 10.0 Å². The van der Waals surface area contributed by atoms with Crippen LogP contribution in [0.1, 0.15) is 20.8 Å². The van der Waals surface area contributed by atoms with Crippen molar-refractivity contribution >= 4 is 44.6 Å². The van der Waals surface area contributed by atoms with Crippen LogP contribution in [0.25, 0.3) is 0 Å². The van der Waals surface area contributed by atoms with E-state index < -0.39 is 28.5 Å². The van der Waals surface area contributed by atoms with Crippen LogP contribution in [0.3, 0.4) is 0 Å². The van der Waals surface area contributed by atoms with Crippen LogP contribution < -0.4 is 9.94 Å². The Morgan fingerprint density at radius 3 is 2.55 bits per heavy atom. The Morgan fingerprint density at radius 2 is 1.86 bits per heavy atom. The number of aryl methyl sites for hydroxylation is 1. The molecular weight excluding hydrogens is 434 g/mol. The van der Waals surface area contributed by atoms with Gasteiger partial charge < -0.3 is 9.30 Å². The third-order valence-corrected chi connectivity index (χ3v) is 6.57. The fraction of sp³-hybridized carbons (Fsp3) is 0.167. The number of rotatable bonds is 6. The molecule has 2 heterocycles. The molecule has 0 atom stereocenters. The topological polar surface area (TPSA) is 121 Å². The average molecular weight is 452 g/mol. The molecule has 29 heavy (non-hydrogen) atoms. The zero-order valence-corrected chi connectivity index (χ0v) is 17.7. The van der Waals surface area contributed by atoms with Gasteiger partial charge in [0.05, 0.1) is 0 Å². The molecule has 0 saturated heterocycles. The molecule has 2 aromatic heterocycles. The maximum absolute atomic E-state index is 12.1. The summed E-state index contributed by atoms with van der Waals surface area (Å²) < 4.78 is 29.7. The molecule has 11 heteroatoms. The van der Waals surface area contributed by atoms with Crippen LogP contribution in [0.5, 0.6) is 0 Å². The molecule has 0 radical (unpaired) electrons. The summed E-state index contributed by atoms with van der Waals surface area (Å²) in [7, 11) is -4.05. The first-order valence-corrected chi connectivity index (χ1v) is 11.6. The van der Waals surface area contributed by atoms with E-state index in [1.807, 2.05) is 42.0 Å². The maximum atomic E-state index is 12.1. The van der Waals surface area contributed by atoms with Crippen LogP contribution in [-0.4, -0.2) is 31.5 Å². The van der Waals surface area contributed by atoms with E-state index in [1.165, 1.54) is 22.8 Å². The number of thiophene rings is 1. The van der Waals surface area contributed by atoms with Crippen molar-refractivity contribution in [3.8, 4) is 0 Å². The number of amides is 1. The van der Waals surface area contributed by atoms with Gasteiger partial charge in [-0.15, -0.1) is 22.7 Å². The minimum Gasteiger partial charge on any atom is -0.451 e. The molecule has 0 spiro atoms. The van der Waals surface area contributed by atoms with Crippen molar-refractivity contribution in [1.82, 2.24) is 4.57 Å². The molecule has 0 aliphatic carbocycles. The second-order valence-corrected chi connectivity index (χ2v) is 9.36. The monoisotopic (exact) mass is 451 g/mol. The van der Waals surface area contributed by atoms with Gasteiger partial charge in [-0.2, -0.15) is 4.99 Å². The molecule has 3 rings (SSSR count). The molecule has 152 valence electrons. The molecule has 0 saturated carbocycles. The number of nitrogens with zero attached hydrogens (tertiary/aromatic N) is 2. The summed E-state index contributed by atoms with van der Waals surface area (Å²) >= 11 is 2.15. The van der Waals surface area contributed by atoms with Crippen molar-refractivity contribution in [2.45, 2.75) is 18.4 Å². The van der Waals surface area contributed by atoms with E-state index in [0.29, 0.717) is 11.3 Å². The lowest BCUT2D eigenvalue weighted by atomic mass is 10.1. The highest BCUT2D eigenvalue weighted by molar-refractivity contribution is 7.89. The van der Waals surface area contributed by atoms with Gasteiger partial charge in [0, 0.05) is 18.1 Å². The van der Waals surface area contributed by atoms with Crippen LogP contribution in [-0.2, 0) is 26.1 Å². The predicted molar refractivity (Wildman–Crippen MR) is 109 cm³/mol. The smallest absolute Gasteiger partial charge is 0.350 e. The first kappa shape index (κ1) is 21.1. The molecule has 1 aromatic carbocycles. The molecule has 3 aromatic rings. The van der Waals surface area contributed by atoms with Gasteiger partial charge in [-0.3, -0.25) is 4.79 Å². The molecule has 0 bridgehead atoms. The average Bonchev–Trinajstić information content (AvgIpc) is 3.31. The number of ether oxygens (including phenoxy) is 1. The maximum Gasteiger partial charge on any atom is 0.350 e. The van der Waals surface area contributed by atoms with Gasteiger partial charge in [0.15, 0.2) is 11.4 Å². The molecule has 2 N–H and O–H groups in total. The Bertz CT molecular complexity index is 1200.